The molecule has 0 saturated carbocycles. The van der Waals surface area contributed by atoms with Crippen LogP contribution in [-0.4, -0.2) is 52.8 Å². The first-order valence-corrected chi connectivity index (χ1v) is 10.2. The van der Waals surface area contributed by atoms with Gasteiger partial charge in [-0.25, -0.2) is 4.79 Å². The van der Waals surface area contributed by atoms with Crippen LogP contribution in [0.25, 0.3) is 0 Å². The number of rotatable bonds is 3. The van der Waals surface area contributed by atoms with Crippen LogP contribution in [0.2, 0.25) is 6.32 Å². The summed E-state index contributed by atoms with van der Waals surface area (Å²) in [6.07, 6.45) is 3.37. The van der Waals surface area contributed by atoms with Crippen LogP contribution in [0.1, 0.15) is 74.1 Å². The summed E-state index contributed by atoms with van der Waals surface area (Å²) < 4.78 is 17.5. The SMILES string of the molecule is CC(C)(C)OC(=O)N1C2CCC1CC(C(=O)CB1OC(C)(C)C(C)(C)O1)C2. The minimum absolute atomic E-state index is 0.0276. The molecule has 0 N–H and O–H groups in total. The highest BCUT2D eigenvalue weighted by atomic mass is 16.7. The fourth-order valence-electron chi connectivity index (χ4n) is 4.43. The van der Waals surface area contributed by atoms with E-state index in [1.807, 2.05) is 53.4 Å². The molecule has 0 radical (unpaired) electrons. The van der Waals surface area contributed by atoms with Gasteiger partial charge in [0, 0.05) is 24.3 Å². The molecule has 3 saturated heterocycles. The number of ether oxygens (including phenoxy) is 1. The molecule has 1 amide bonds. The first-order chi connectivity index (χ1) is 12.3. The number of piperidine rings is 1. The van der Waals surface area contributed by atoms with Crippen molar-refractivity contribution in [1.82, 2.24) is 4.90 Å². The second-order valence-electron chi connectivity index (χ2n) is 10.3. The third-order valence-corrected chi connectivity index (χ3v) is 6.46. The van der Waals surface area contributed by atoms with Crippen molar-refractivity contribution in [2.75, 3.05) is 0 Å². The first-order valence-electron chi connectivity index (χ1n) is 10.2. The van der Waals surface area contributed by atoms with Gasteiger partial charge in [-0.3, -0.25) is 4.79 Å². The minimum atomic E-state index is -0.500. The molecule has 152 valence electrons. The van der Waals surface area contributed by atoms with Gasteiger partial charge in [0.05, 0.1) is 11.2 Å². The Morgan fingerprint density at radius 2 is 1.52 bits per heavy atom. The number of ketones is 1. The van der Waals surface area contributed by atoms with Gasteiger partial charge < -0.3 is 18.9 Å². The van der Waals surface area contributed by atoms with Crippen LogP contribution in [0.15, 0.2) is 0 Å². The van der Waals surface area contributed by atoms with Crippen LogP contribution < -0.4 is 0 Å². The molecule has 3 fully saturated rings. The number of carbonyl (C=O) groups excluding carboxylic acids is 2. The van der Waals surface area contributed by atoms with E-state index in [2.05, 4.69) is 0 Å². The number of nitrogens with zero attached hydrogens (tertiary/aromatic N) is 1. The molecule has 2 bridgehead atoms. The molecule has 6 nitrogen and oxygen atoms in total. The second-order valence-corrected chi connectivity index (χ2v) is 10.3. The Labute approximate surface area is 163 Å². The van der Waals surface area contributed by atoms with Crippen molar-refractivity contribution in [1.29, 1.82) is 0 Å². The molecule has 27 heavy (non-hydrogen) atoms. The van der Waals surface area contributed by atoms with Gasteiger partial charge in [-0.2, -0.15) is 0 Å². The average Bonchev–Trinajstić information content (AvgIpc) is 2.85. The molecule has 0 aliphatic carbocycles. The van der Waals surface area contributed by atoms with Crippen molar-refractivity contribution < 1.29 is 23.6 Å². The van der Waals surface area contributed by atoms with Gasteiger partial charge in [0.25, 0.3) is 0 Å². The predicted molar refractivity (Wildman–Crippen MR) is 104 cm³/mol. The summed E-state index contributed by atoms with van der Waals surface area (Å²) in [5.74, 6) is 0.162. The molecule has 3 heterocycles. The quantitative estimate of drug-likeness (QED) is 0.698. The van der Waals surface area contributed by atoms with E-state index in [1.165, 1.54) is 0 Å². The first kappa shape index (κ1) is 20.7. The van der Waals surface area contributed by atoms with Crippen molar-refractivity contribution in [2.45, 2.75) is 109 Å². The normalized spacial score (nSPS) is 31.9. The molecule has 0 spiro atoms. The van der Waals surface area contributed by atoms with Crippen LogP contribution in [0.5, 0.6) is 0 Å². The lowest BCUT2D eigenvalue weighted by atomic mass is 9.75. The summed E-state index contributed by atoms with van der Waals surface area (Å²) in [4.78, 5) is 27.3. The van der Waals surface area contributed by atoms with Gasteiger partial charge in [0.15, 0.2) is 0 Å². The molecule has 2 unspecified atom stereocenters. The van der Waals surface area contributed by atoms with Crippen molar-refractivity contribution >= 4 is 19.0 Å². The lowest BCUT2D eigenvalue weighted by Crippen LogP contribution is -2.49. The Bertz CT molecular complexity index is 582. The van der Waals surface area contributed by atoms with E-state index in [0.717, 1.165) is 12.8 Å². The lowest BCUT2D eigenvalue weighted by molar-refractivity contribution is -0.123. The maximum atomic E-state index is 12.9. The van der Waals surface area contributed by atoms with Crippen LogP contribution in [0.4, 0.5) is 4.79 Å². The van der Waals surface area contributed by atoms with Gasteiger partial charge in [-0.1, -0.05) is 0 Å². The maximum absolute atomic E-state index is 12.9. The maximum Gasteiger partial charge on any atom is 0.465 e. The predicted octanol–water partition coefficient (Wildman–Crippen LogP) is 3.83. The zero-order chi connectivity index (χ0) is 20.2. The Morgan fingerprint density at radius 1 is 1.04 bits per heavy atom. The van der Waals surface area contributed by atoms with E-state index in [-0.39, 0.29) is 36.2 Å². The summed E-state index contributed by atoms with van der Waals surface area (Å²) in [6.45, 7) is 13.6. The highest BCUT2D eigenvalue weighted by Crippen LogP contribution is 2.42. The zero-order valence-corrected chi connectivity index (χ0v) is 17.8. The number of carbonyl (C=O) groups is 2. The van der Waals surface area contributed by atoms with Crippen molar-refractivity contribution in [3.63, 3.8) is 0 Å². The molecular weight excluding hydrogens is 345 g/mol. The standard InChI is InChI=1S/C20H34BNO5/c1-18(2,3)25-17(24)22-14-8-9-15(22)11-13(10-14)16(23)12-21-26-19(4,5)20(6,7)27-21/h13-15H,8-12H2,1-7H3. The molecule has 3 rings (SSSR count). The van der Waals surface area contributed by atoms with E-state index < -0.39 is 23.9 Å². The number of fused-ring (bicyclic) bond motifs is 2. The van der Waals surface area contributed by atoms with Crippen molar-refractivity contribution in [3.8, 4) is 0 Å². The number of hydrogen-bond acceptors (Lipinski definition) is 5. The highest BCUT2D eigenvalue weighted by Gasteiger charge is 2.53. The molecule has 0 aromatic heterocycles. The average molecular weight is 379 g/mol. The van der Waals surface area contributed by atoms with Gasteiger partial charge in [0.2, 0.25) is 0 Å². The zero-order valence-electron chi connectivity index (χ0n) is 17.8. The van der Waals surface area contributed by atoms with Crippen LogP contribution in [0, 0.1) is 5.92 Å². The van der Waals surface area contributed by atoms with E-state index >= 15 is 0 Å². The minimum Gasteiger partial charge on any atom is -0.444 e. The molecule has 2 atom stereocenters. The Morgan fingerprint density at radius 3 is 1.96 bits per heavy atom. The van der Waals surface area contributed by atoms with E-state index in [9.17, 15) is 9.59 Å². The van der Waals surface area contributed by atoms with Gasteiger partial charge in [-0.15, -0.1) is 0 Å². The summed E-state index contributed by atoms with van der Waals surface area (Å²) in [5, 5.41) is 0. The number of Topliss-reactive ketones (excluding diaryl/α,β-unsaturated/α-hetero) is 1. The van der Waals surface area contributed by atoms with Crippen molar-refractivity contribution in [2.24, 2.45) is 5.92 Å². The monoisotopic (exact) mass is 379 g/mol. The van der Waals surface area contributed by atoms with E-state index in [1.54, 1.807) is 0 Å². The van der Waals surface area contributed by atoms with Crippen LogP contribution in [-0.2, 0) is 18.8 Å². The van der Waals surface area contributed by atoms with Gasteiger partial charge in [-0.05, 0) is 74.1 Å². The van der Waals surface area contributed by atoms with Crippen LogP contribution >= 0.6 is 0 Å². The van der Waals surface area contributed by atoms with E-state index in [4.69, 9.17) is 14.0 Å². The summed E-state index contributed by atoms with van der Waals surface area (Å²) in [6, 6.07) is 0.205. The van der Waals surface area contributed by atoms with Crippen LogP contribution in [0.3, 0.4) is 0 Å². The number of hydrogen-bond donors (Lipinski definition) is 0. The second kappa shape index (κ2) is 6.76. The molecular formula is C20H34BNO5. The topological polar surface area (TPSA) is 65.1 Å². The molecule has 0 aromatic carbocycles. The fourth-order valence-corrected chi connectivity index (χ4v) is 4.43. The van der Waals surface area contributed by atoms with E-state index in [0.29, 0.717) is 12.8 Å². The van der Waals surface area contributed by atoms with Gasteiger partial charge in [0.1, 0.15) is 11.4 Å². The Balaban J connectivity index is 1.59. The van der Waals surface area contributed by atoms with Crippen molar-refractivity contribution in [3.05, 3.63) is 0 Å². The Kier molecular flexibility index (Phi) is 5.17. The van der Waals surface area contributed by atoms with Gasteiger partial charge >= 0.3 is 13.2 Å². The lowest BCUT2D eigenvalue weighted by Gasteiger charge is -2.39. The highest BCUT2D eigenvalue weighted by molar-refractivity contribution is 6.50. The summed E-state index contributed by atoms with van der Waals surface area (Å²) in [5.41, 5.74) is -1.34. The smallest absolute Gasteiger partial charge is 0.444 e. The fraction of sp³-hybridized carbons (Fsp3) is 0.900. The third kappa shape index (κ3) is 4.19. The largest absolute Gasteiger partial charge is 0.465 e. The summed E-state index contributed by atoms with van der Waals surface area (Å²) in [7, 11) is -0.482. The molecule has 7 heteroatoms. The molecule has 3 aliphatic rings. The molecule has 3 aliphatic heterocycles. The Hall–Kier alpha value is -1.08. The number of amides is 1. The molecule has 0 aromatic rings. The third-order valence-electron chi connectivity index (χ3n) is 6.46. The summed E-state index contributed by atoms with van der Waals surface area (Å²) >= 11 is 0.